The van der Waals surface area contributed by atoms with Crippen LogP contribution in [0.2, 0.25) is 0 Å². The van der Waals surface area contributed by atoms with Gasteiger partial charge in [-0.15, -0.1) is 0 Å². The van der Waals surface area contributed by atoms with Crippen molar-refractivity contribution in [3.05, 3.63) is 24.3 Å². The Hall–Kier alpha value is -1.02. The van der Waals surface area contributed by atoms with Crippen LogP contribution in [0.5, 0.6) is 0 Å². The number of nitrogens with one attached hydrogen (secondary N) is 1. The molecule has 0 aromatic rings. The van der Waals surface area contributed by atoms with Gasteiger partial charge >= 0.3 is 0 Å². The fourth-order valence-corrected chi connectivity index (χ4v) is 7.28. The van der Waals surface area contributed by atoms with Crippen LogP contribution in [0.15, 0.2) is 24.3 Å². The van der Waals surface area contributed by atoms with Gasteiger partial charge in [-0.05, 0) is 38.5 Å². The lowest BCUT2D eigenvalue weighted by molar-refractivity contribution is -0.870. The number of likely N-dealkylation sites (N-methyl/N-ethyl adjacent to an activating group) is 1. The van der Waals surface area contributed by atoms with Crippen molar-refractivity contribution in [2.24, 2.45) is 0 Å². The number of aliphatic hydroxyl groups excluding tert-OH is 1. The number of rotatable bonds is 41. The predicted octanol–water partition coefficient (Wildman–Crippen LogP) is 11.9. The lowest BCUT2D eigenvalue weighted by atomic mass is 10.0. The van der Waals surface area contributed by atoms with Crippen LogP contribution in [-0.4, -0.2) is 68.5 Å². The van der Waals surface area contributed by atoms with E-state index >= 15 is 0 Å². The molecule has 0 heterocycles. The Labute approximate surface area is 334 Å². The maximum Gasteiger partial charge on any atom is 0.268 e. The summed E-state index contributed by atoms with van der Waals surface area (Å²) in [5, 5.41) is 13.9. The lowest BCUT2D eigenvalue weighted by Gasteiger charge is -2.30. The molecule has 0 bridgehead atoms. The summed E-state index contributed by atoms with van der Waals surface area (Å²) in [5.74, 6) is -0.169. The minimum absolute atomic E-state index is 0.0121. The second-order valence-electron chi connectivity index (χ2n) is 16.8. The number of quaternary nitrogens is 1. The zero-order chi connectivity index (χ0) is 40.0. The van der Waals surface area contributed by atoms with E-state index in [2.05, 4.69) is 43.5 Å². The molecule has 0 radical (unpaired) electrons. The van der Waals surface area contributed by atoms with E-state index in [4.69, 9.17) is 9.05 Å². The highest BCUT2D eigenvalue weighted by molar-refractivity contribution is 7.45. The molecular weight excluding hydrogens is 695 g/mol. The van der Waals surface area contributed by atoms with Gasteiger partial charge in [0.25, 0.3) is 7.82 Å². The van der Waals surface area contributed by atoms with E-state index < -0.39 is 20.0 Å². The molecule has 0 aliphatic carbocycles. The summed E-state index contributed by atoms with van der Waals surface area (Å²) in [7, 11) is 1.30. The summed E-state index contributed by atoms with van der Waals surface area (Å²) in [6.07, 6.45) is 43.1. The molecule has 0 saturated carbocycles. The average Bonchev–Trinajstić information content (AvgIpc) is 3.12. The highest BCUT2D eigenvalue weighted by atomic mass is 31.2. The Morgan fingerprint density at radius 1 is 0.648 bits per heavy atom. The number of allylic oxidation sites excluding steroid dienone is 4. The van der Waals surface area contributed by atoms with Crippen molar-refractivity contribution >= 4 is 13.7 Å². The number of hydrogen-bond donors (Lipinski definition) is 2. The minimum Gasteiger partial charge on any atom is -0.756 e. The van der Waals surface area contributed by atoms with E-state index in [1.807, 2.05) is 21.1 Å². The van der Waals surface area contributed by atoms with Crippen molar-refractivity contribution in [3.63, 3.8) is 0 Å². The van der Waals surface area contributed by atoms with Crippen LogP contribution in [0.25, 0.3) is 0 Å². The normalized spacial score (nSPS) is 14.6. The summed E-state index contributed by atoms with van der Waals surface area (Å²) < 4.78 is 23.3. The topological polar surface area (TPSA) is 108 Å². The standard InChI is InChI=1S/C45H89N2O6P/c1-6-8-10-12-14-16-18-20-21-22-23-24-25-27-29-31-33-35-37-39-45(49)46-43(42-53-54(50,51)52-41-40-47(3,4)5)44(48)38-36-34-32-30-28-26-19-17-15-13-11-9-7-2/h14,16,18,20,43-44,48H,6-13,15,17,19,21-42H2,1-5H3,(H-,46,49,50,51)/b16-14-,20-18-. The quantitative estimate of drug-likeness (QED) is 0.0277. The number of amides is 1. The van der Waals surface area contributed by atoms with Crippen LogP contribution in [-0.2, 0) is 18.4 Å². The molecular formula is C45H89N2O6P. The first-order chi connectivity index (χ1) is 26.0. The summed E-state index contributed by atoms with van der Waals surface area (Å²) in [4.78, 5) is 25.3. The van der Waals surface area contributed by atoms with Crippen LogP contribution in [0.1, 0.15) is 206 Å². The first kappa shape index (κ1) is 53.0. The Morgan fingerprint density at radius 3 is 1.54 bits per heavy atom. The average molecular weight is 785 g/mol. The van der Waals surface area contributed by atoms with Crippen molar-refractivity contribution in [1.29, 1.82) is 0 Å². The molecule has 9 heteroatoms. The van der Waals surface area contributed by atoms with Gasteiger partial charge in [0.15, 0.2) is 0 Å². The second-order valence-corrected chi connectivity index (χ2v) is 18.2. The largest absolute Gasteiger partial charge is 0.756 e. The van der Waals surface area contributed by atoms with Gasteiger partial charge in [-0.1, -0.05) is 186 Å². The predicted molar refractivity (Wildman–Crippen MR) is 228 cm³/mol. The van der Waals surface area contributed by atoms with Crippen LogP contribution in [0.4, 0.5) is 0 Å². The fourth-order valence-electron chi connectivity index (χ4n) is 6.56. The molecule has 0 fully saturated rings. The van der Waals surface area contributed by atoms with Gasteiger partial charge in [-0.25, -0.2) is 0 Å². The van der Waals surface area contributed by atoms with Crippen molar-refractivity contribution < 1.29 is 32.9 Å². The molecule has 0 aromatic heterocycles. The SMILES string of the molecule is CCCCC/C=C\C=C/CCCCCCCCCCCCC(=O)NC(COP(=O)([O-])OCC[N+](C)(C)C)C(O)CCCCCCCCCCCCCCC. The molecule has 1 amide bonds. The third kappa shape index (κ3) is 39.2. The molecule has 0 aliphatic rings. The van der Waals surface area contributed by atoms with Gasteiger partial charge in [0, 0.05) is 6.42 Å². The van der Waals surface area contributed by atoms with Crippen molar-refractivity contribution in [1.82, 2.24) is 5.32 Å². The van der Waals surface area contributed by atoms with Gasteiger partial charge in [0.1, 0.15) is 13.2 Å². The third-order valence-corrected chi connectivity index (χ3v) is 11.2. The summed E-state index contributed by atoms with van der Waals surface area (Å²) >= 11 is 0. The molecule has 0 rings (SSSR count). The maximum atomic E-state index is 12.9. The number of nitrogens with zero attached hydrogens (tertiary/aromatic N) is 1. The maximum absolute atomic E-state index is 12.9. The van der Waals surface area contributed by atoms with E-state index in [1.54, 1.807) is 0 Å². The number of unbranched alkanes of at least 4 members (excludes halogenated alkanes) is 25. The monoisotopic (exact) mass is 785 g/mol. The summed E-state index contributed by atoms with van der Waals surface area (Å²) in [6, 6.07) is -0.799. The molecule has 0 aliphatic heterocycles. The number of phosphoric ester groups is 1. The van der Waals surface area contributed by atoms with Gasteiger partial charge in [0.05, 0.1) is 39.9 Å². The number of carbonyl (C=O) groups is 1. The lowest BCUT2D eigenvalue weighted by Crippen LogP contribution is -2.46. The summed E-state index contributed by atoms with van der Waals surface area (Å²) in [6.45, 7) is 4.69. The van der Waals surface area contributed by atoms with Gasteiger partial charge in [0.2, 0.25) is 5.91 Å². The molecule has 0 spiro atoms. The van der Waals surface area contributed by atoms with Crippen LogP contribution in [0, 0.1) is 0 Å². The van der Waals surface area contributed by atoms with E-state index in [-0.39, 0.29) is 19.1 Å². The molecule has 320 valence electrons. The van der Waals surface area contributed by atoms with E-state index in [9.17, 15) is 19.4 Å². The molecule has 8 nitrogen and oxygen atoms in total. The highest BCUT2D eigenvalue weighted by Gasteiger charge is 2.24. The molecule has 3 atom stereocenters. The second kappa shape index (κ2) is 37.6. The molecule has 0 aromatic carbocycles. The first-order valence-electron chi connectivity index (χ1n) is 22.7. The smallest absolute Gasteiger partial charge is 0.268 e. The fraction of sp³-hybridized carbons (Fsp3) is 0.889. The van der Waals surface area contributed by atoms with E-state index in [0.29, 0.717) is 23.9 Å². The van der Waals surface area contributed by atoms with Crippen molar-refractivity contribution in [2.75, 3.05) is 40.9 Å². The van der Waals surface area contributed by atoms with Crippen LogP contribution < -0.4 is 10.2 Å². The molecule has 0 saturated heterocycles. The van der Waals surface area contributed by atoms with E-state index in [0.717, 1.165) is 38.5 Å². The van der Waals surface area contributed by atoms with Crippen LogP contribution >= 0.6 is 7.82 Å². The number of phosphoric acid groups is 1. The number of hydrogen-bond acceptors (Lipinski definition) is 6. The zero-order valence-electron chi connectivity index (χ0n) is 36.2. The Bertz CT molecular complexity index is 938. The first-order valence-corrected chi connectivity index (χ1v) is 24.2. The van der Waals surface area contributed by atoms with Gasteiger partial charge in [-0.3, -0.25) is 9.36 Å². The van der Waals surface area contributed by atoms with Crippen molar-refractivity contribution in [3.8, 4) is 0 Å². The van der Waals surface area contributed by atoms with Gasteiger partial charge in [-0.2, -0.15) is 0 Å². The Balaban J connectivity index is 4.32. The van der Waals surface area contributed by atoms with Crippen LogP contribution in [0.3, 0.4) is 0 Å². The number of carbonyl (C=O) groups excluding carboxylic acids is 1. The molecule has 54 heavy (non-hydrogen) atoms. The molecule has 2 N–H and O–H groups in total. The Morgan fingerprint density at radius 2 is 1.06 bits per heavy atom. The van der Waals surface area contributed by atoms with E-state index in [1.165, 1.54) is 141 Å². The summed E-state index contributed by atoms with van der Waals surface area (Å²) in [5.41, 5.74) is 0. The van der Waals surface area contributed by atoms with Gasteiger partial charge < -0.3 is 28.8 Å². The Kier molecular flexibility index (Phi) is 36.8. The molecule has 3 unspecified atom stereocenters. The zero-order valence-corrected chi connectivity index (χ0v) is 37.1. The highest BCUT2D eigenvalue weighted by Crippen LogP contribution is 2.38. The van der Waals surface area contributed by atoms with Crippen molar-refractivity contribution in [2.45, 2.75) is 219 Å². The minimum atomic E-state index is -4.56. The third-order valence-electron chi connectivity index (χ3n) is 10.2. The number of aliphatic hydroxyl groups is 1.